The van der Waals surface area contributed by atoms with Gasteiger partial charge in [0.1, 0.15) is 0 Å². The van der Waals surface area contributed by atoms with Crippen LogP contribution in [0.5, 0.6) is 0 Å². The minimum Gasteiger partial charge on any atom is -0.466 e. The second kappa shape index (κ2) is 7.06. The second-order valence-electron chi connectivity index (χ2n) is 4.73. The van der Waals surface area contributed by atoms with Crippen LogP contribution in [0.25, 0.3) is 0 Å². The zero-order chi connectivity index (χ0) is 13.7. The molecule has 104 valence electrons. The van der Waals surface area contributed by atoms with E-state index in [2.05, 4.69) is 15.9 Å². The molecule has 0 saturated carbocycles. The smallest absolute Gasteiger partial charge is 0.313 e. The highest BCUT2D eigenvalue weighted by molar-refractivity contribution is 9.10. The van der Waals surface area contributed by atoms with Gasteiger partial charge in [-0.2, -0.15) is 0 Å². The van der Waals surface area contributed by atoms with Gasteiger partial charge in [0.05, 0.1) is 18.6 Å². The van der Waals surface area contributed by atoms with Gasteiger partial charge in [0.15, 0.2) is 0 Å². The summed E-state index contributed by atoms with van der Waals surface area (Å²) in [6.07, 6.45) is 3.01. The molecule has 0 spiro atoms. The molecular weight excluding hydrogens is 308 g/mol. The summed E-state index contributed by atoms with van der Waals surface area (Å²) in [6, 6.07) is 7.86. The van der Waals surface area contributed by atoms with Crippen LogP contribution < -0.4 is 0 Å². The molecule has 0 radical (unpaired) electrons. The van der Waals surface area contributed by atoms with Crippen molar-refractivity contribution in [3.8, 4) is 0 Å². The molecule has 1 aliphatic rings. The van der Waals surface area contributed by atoms with Crippen LogP contribution in [0, 0.1) is 0 Å². The molecular formula is C15H19BrO3. The normalized spacial score (nSPS) is 20.2. The molecule has 1 fully saturated rings. The molecule has 1 aliphatic heterocycles. The van der Waals surface area contributed by atoms with E-state index in [4.69, 9.17) is 9.47 Å². The summed E-state index contributed by atoms with van der Waals surface area (Å²) in [4.78, 5) is 12.1. The summed E-state index contributed by atoms with van der Waals surface area (Å²) in [6.45, 7) is 3.06. The third-order valence-corrected chi connectivity index (χ3v) is 3.89. The van der Waals surface area contributed by atoms with Crippen molar-refractivity contribution in [1.29, 1.82) is 0 Å². The van der Waals surface area contributed by atoms with Gasteiger partial charge in [-0.05, 0) is 43.9 Å². The summed E-state index contributed by atoms with van der Waals surface area (Å²) in [7, 11) is 0. The van der Waals surface area contributed by atoms with Crippen LogP contribution in [0.15, 0.2) is 28.7 Å². The molecule has 1 heterocycles. The average Bonchev–Trinajstić information content (AvgIpc) is 2.90. The van der Waals surface area contributed by atoms with Gasteiger partial charge < -0.3 is 9.47 Å². The lowest BCUT2D eigenvalue weighted by molar-refractivity contribution is -0.145. The third-order valence-electron chi connectivity index (χ3n) is 3.37. The largest absolute Gasteiger partial charge is 0.466 e. The maximum Gasteiger partial charge on any atom is 0.313 e. The zero-order valence-electron chi connectivity index (χ0n) is 11.1. The average molecular weight is 327 g/mol. The van der Waals surface area contributed by atoms with Gasteiger partial charge in [-0.25, -0.2) is 0 Å². The maximum atomic E-state index is 12.1. The molecule has 0 aliphatic carbocycles. The van der Waals surface area contributed by atoms with E-state index < -0.39 is 0 Å². The molecule has 1 aromatic carbocycles. The van der Waals surface area contributed by atoms with Crippen molar-refractivity contribution >= 4 is 21.9 Å². The van der Waals surface area contributed by atoms with Gasteiger partial charge in [-0.1, -0.05) is 28.1 Å². The Labute approximate surface area is 122 Å². The molecule has 0 N–H and O–H groups in total. The first-order valence-electron chi connectivity index (χ1n) is 6.74. The van der Waals surface area contributed by atoms with Crippen molar-refractivity contribution in [2.24, 2.45) is 0 Å². The van der Waals surface area contributed by atoms with E-state index in [1.165, 1.54) is 0 Å². The van der Waals surface area contributed by atoms with E-state index in [1.807, 2.05) is 31.2 Å². The third kappa shape index (κ3) is 4.05. The van der Waals surface area contributed by atoms with E-state index in [0.717, 1.165) is 29.5 Å². The SMILES string of the molecule is CCOC(=O)C(CC1CCCO1)c1ccc(Br)cc1. The number of rotatable bonds is 5. The van der Waals surface area contributed by atoms with Crippen LogP contribution in [0.4, 0.5) is 0 Å². The molecule has 19 heavy (non-hydrogen) atoms. The lowest BCUT2D eigenvalue weighted by atomic mass is 9.92. The van der Waals surface area contributed by atoms with E-state index in [9.17, 15) is 4.79 Å². The zero-order valence-corrected chi connectivity index (χ0v) is 12.7. The van der Waals surface area contributed by atoms with Crippen molar-refractivity contribution in [3.63, 3.8) is 0 Å². The number of benzene rings is 1. The Kier molecular flexibility index (Phi) is 5.40. The van der Waals surface area contributed by atoms with Crippen LogP contribution >= 0.6 is 15.9 Å². The van der Waals surface area contributed by atoms with Crippen LogP contribution in [0.2, 0.25) is 0 Å². The molecule has 0 bridgehead atoms. The molecule has 1 saturated heterocycles. The quantitative estimate of drug-likeness (QED) is 0.774. The Hall–Kier alpha value is -0.870. The lowest BCUT2D eigenvalue weighted by Gasteiger charge is -2.19. The molecule has 2 unspecified atom stereocenters. The summed E-state index contributed by atoms with van der Waals surface area (Å²) in [5, 5.41) is 0. The Morgan fingerprint density at radius 1 is 1.47 bits per heavy atom. The van der Waals surface area contributed by atoms with E-state index >= 15 is 0 Å². The monoisotopic (exact) mass is 326 g/mol. The number of esters is 1. The van der Waals surface area contributed by atoms with E-state index in [1.54, 1.807) is 0 Å². The van der Waals surface area contributed by atoms with Crippen LogP contribution in [0.1, 0.15) is 37.7 Å². The molecule has 2 rings (SSSR count). The van der Waals surface area contributed by atoms with Crippen molar-refractivity contribution in [2.75, 3.05) is 13.2 Å². The number of carbonyl (C=O) groups excluding carboxylic acids is 1. The number of hydrogen-bond acceptors (Lipinski definition) is 3. The first-order chi connectivity index (χ1) is 9.20. The maximum absolute atomic E-state index is 12.1. The first-order valence-corrected chi connectivity index (χ1v) is 7.53. The molecule has 0 amide bonds. The predicted octanol–water partition coefficient (Wildman–Crippen LogP) is 3.66. The summed E-state index contributed by atoms with van der Waals surface area (Å²) >= 11 is 3.41. The van der Waals surface area contributed by atoms with Crippen molar-refractivity contribution < 1.29 is 14.3 Å². The summed E-state index contributed by atoms with van der Waals surface area (Å²) < 4.78 is 11.8. The first kappa shape index (κ1) is 14.5. The van der Waals surface area contributed by atoms with Gasteiger partial charge in [0.25, 0.3) is 0 Å². The van der Waals surface area contributed by atoms with Gasteiger partial charge in [0, 0.05) is 11.1 Å². The van der Waals surface area contributed by atoms with Crippen molar-refractivity contribution in [2.45, 2.75) is 38.2 Å². The Morgan fingerprint density at radius 2 is 2.21 bits per heavy atom. The lowest BCUT2D eigenvalue weighted by Crippen LogP contribution is -2.21. The van der Waals surface area contributed by atoms with Crippen molar-refractivity contribution in [1.82, 2.24) is 0 Å². The minimum absolute atomic E-state index is 0.152. The van der Waals surface area contributed by atoms with Gasteiger partial charge in [0.2, 0.25) is 0 Å². The van der Waals surface area contributed by atoms with Gasteiger partial charge in [-0.3, -0.25) is 4.79 Å². The Morgan fingerprint density at radius 3 is 2.79 bits per heavy atom. The fraction of sp³-hybridized carbons (Fsp3) is 0.533. The fourth-order valence-corrected chi connectivity index (χ4v) is 2.66. The minimum atomic E-state index is -0.226. The van der Waals surface area contributed by atoms with Crippen LogP contribution in [0.3, 0.4) is 0 Å². The second-order valence-corrected chi connectivity index (χ2v) is 5.64. The topological polar surface area (TPSA) is 35.5 Å². The van der Waals surface area contributed by atoms with Crippen molar-refractivity contribution in [3.05, 3.63) is 34.3 Å². The van der Waals surface area contributed by atoms with Gasteiger partial charge >= 0.3 is 5.97 Å². The molecule has 3 nitrogen and oxygen atoms in total. The van der Waals surface area contributed by atoms with E-state index in [0.29, 0.717) is 13.0 Å². The van der Waals surface area contributed by atoms with Crippen LogP contribution in [-0.4, -0.2) is 25.3 Å². The standard InChI is InChI=1S/C15H19BrO3/c1-2-18-15(17)14(10-13-4-3-9-19-13)11-5-7-12(16)8-6-11/h5-8,13-14H,2-4,9-10H2,1H3. The van der Waals surface area contributed by atoms with E-state index in [-0.39, 0.29) is 18.0 Å². The van der Waals surface area contributed by atoms with Crippen LogP contribution in [-0.2, 0) is 14.3 Å². The number of hydrogen-bond donors (Lipinski definition) is 0. The molecule has 4 heteroatoms. The Bertz CT molecular complexity index is 410. The number of carbonyl (C=O) groups is 1. The summed E-state index contributed by atoms with van der Waals surface area (Å²) in [5.41, 5.74) is 0.997. The van der Waals surface area contributed by atoms with Gasteiger partial charge in [-0.15, -0.1) is 0 Å². The molecule has 2 atom stereocenters. The highest BCUT2D eigenvalue weighted by Gasteiger charge is 2.28. The molecule has 0 aromatic heterocycles. The fourth-order valence-electron chi connectivity index (χ4n) is 2.40. The molecule has 1 aromatic rings. The Balaban J connectivity index is 2.12. The highest BCUT2D eigenvalue weighted by atomic mass is 79.9. The number of halogens is 1. The number of ether oxygens (including phenoxy) is 2. The predicted molar refractivity (Wildman–Crippen MR) is 77.1 cm³/mol. The summed E-state index contributed by atoms with van der Waals surface area (Å²) in [5.74, 6) is -0.378. The highest BCUT2D eigenvalue weighted by Crippen LogP contribution is 2.29.